The second kappa shape index (κ2) is 10.7. The quantitative estimate of drug-likeness (QED) is 0.693. The Kier molecular flexibility index (Phi) is 8.33. The Morgan fingerprint density at radius 1 is 1.14 bits per heavy atom. The summed E-state index contributed by atoms with van der Waals surface area (Å²) in [6.07, 6.45) is 1.01. The van der Waals surface area contributed by atoms with E-state index in [-0.39, 0.29) is 18.2 Å². The highest BCUT2D eigenvalue weighted by Crippen LogP contribution is 2.18. The number of halogens is 1. The van der Waals surface area contributed by atoms with Gasteiger partial charge in [0.2, 0.25) is 11.8 Å². The van der Waals surface area contributed by atoms with Crippen molar-refractivity contribution < 1.29 is 14.3 Å². The lowest BCUT2D eigenvalue weighted by Crippen LogP contribution is -2.48. The van der Waals surface area contributed by atoms with Crippen LogP contribution < -0.4 is 10.1 Å². The zero-order chi connectivity index (χ0) is 20.5. The van der Waals surface area contributed by atoms with Gasteiger partial charge in [0.25, 0.3) is 0 Å². The third-order valence-electron chi connectivity index (χ3n) is 4.45. The Hall–Kier alpha value is -2.53. The van der Waals surface area contributed by atoms with Gasteiger partial charge in [-0.05, 0) is 48.7 Å². The van der Waals surface area contributed by atoms with Crippen LogP contribution in [-0.4, -0.2) is 36.4 Å². The number of rotatable bonds is 9. The molecular formula is C22H27ClN2O3. The molecular weight excluding hydrogens is 376 g/mol. The van der Waals surface area contributed by atoms with Crippen molar-refractivity contribution in [2.45, 2.75) is 39.3 Å². The van der Waals surface area contributed by atoms with Crippen LogP contribution >= 0.6 is 11.6 Å². The molecule has 1 atom stereocenters. The normalized spacial score (nSPS) is 11.6. The Morgan fingerprint density at radius 3 is 2.54 bits per heavy atom. The van der Waals surface area contributed by atoms with E-state index in [1.54, 1.807) is 31.1 Å². The number of benzene rings is 2. The number of nitrogens with one attached hydrogen (secondary N) is 1. The van der Waals surface area contributed by atoms with Gasteiger partial charge in [0.15, 0.2) is 0 Å². The number of hydrogen-bond acceptors (Lipinski definition) is 3. The van der Waals surface area contributed by atoms with Crippen molar-refractivity contribution >= 4 is 23.4 Å². The van der Waals surface area contributed by atoms with Crippen molar-refractivity contribution in [3.63, 3.8) is 0 Å². The van der Waals surface area contributed by atoms with Gasteiger partial charge in [0.1, 0.15) is 11.8 Å². The maximum atomic E-state index is 13.1. The molecule has 6 heteroatoms. The van der Waals surface area contributed by atoms with Gasteiger partial charge in [0.05, 0.1) is 13.5 Å². The summed E-state index contributed by atoms with van der Waals surface area (Å²) in [6, 6.07) is 14.1. The van der Waals surface area contributed by atoms with Crippen LogP contribution in [0.4, 0.5) is 0 Å². The largest absolute Gasteiger partial charge is 0.497 e. The summed E-state index contributed by atoms with van der Waals surface area (Å²) >= 11 is 6.04. The van der Waals surface area contributed by atoms with E-state index < -0.39 is 6.04 Å². The molecule has 2 rings (SSSR count). The molecule has 0 aliphatic heterocycles. The fourth-order valence-electron chi connectivity index (χ4n) is 2.87. The van der Waals surface area contributed by atoms with E-state index in [9.17, 15) is 9.59 Å². The molecule has 0 bridgehead atoms. The van der Waals surface area contributed by atoms with Crippen molar-refractivity contribution in [2.24, 2.45) is 0 Å². The van der Waals surface area contributed by atoms with Crippen LogP contribution in [-0.2, 0) is 22.6 Å². The molecule has 0 saturated carbocycles. The van der Waals surface area contributed by atoms with Crippen LogP contribution in [0.2, 0.25) is 5.02 Å². The van der Waals surface area contributed by atoms with E-state index in [1.807, 2.05) is 43.3 Å². The molecule has 0 aromatic heterocycles. The highest BCUT2D eigenvalue weighted by atomic mass is 35.5. The minimum absolute atomic E-state index is 0.135. The summed E-state index contributed by atoms with van der Waals surface area (Å²) in [7, 11) is 1.60. The Morgan fingerprint density at radius 2 is 1.86 bits per heavy atom. The first-order chi connectivity index (χ1) is 13.4. The molecule has 2 aromatic rings. The molecule has 0 heterocycles. The molecule has 0 aliphatic rings. The van der Waals surface area contributed by atoms with E-state index in [1.165, 1.54) is 0 Å². The average molecular weight is 403 g/mol. The lowest BCUT2D eigenvalue weighted by molar-refractivity contribution is -0.140. The van der Waals surface area contributed by atoms with Gasteiger partial charge in [-0.25, -0.2) is 0 Å². The van der Waals surface area contributed by atoms with Crippen molar-refractivity contribution in [3.8, 4) is 5.75 Å². The Balaban J connectivity index is 2.23. The molecule has 1 unspecified atom stereocenters. The standard InChI is InChI=1S/C22H27ClN2O3/c1-4-11-24-22(27)16(2)25(15-18-8-6-10-20(13-18)28-3)21(26)14-17-7-5-9-19(23)12-17/h5-10,12-13,16H,4,11,14-15H2,1-3H3,(H,24,27). The van der Waals surface area contributed by atoms with E-state index >= 15 is 0 Å². The maximum absolute atomic E-state index is 13.1. The third-order valence-corrected chi connectivity index (χ3v) is 4.68. The van der Waals surface area contributed by atoms with E-state index in [2.05, 4.69) is 5.32 Å². The van der Waals surface area contributed by atoms with Gasteiger partial charge in [0, 0.05) is 18.1 Å². The van der Waals surface area contributed by atoms with Crippen LogP contribution in [0.25, 0.3) is 0 Å². The van der Waals surface area contributed by atoms with Crippen LogP contribution in [0.1, 0.15) is 31.4 Å². The summed E-state index contributed by atoms with van der Waals surface area (Å²) in [5.41, 5.74) is 1.71. The second-order valence-electron chi connectivity index (χ2n) is 6.65. The Labute approximate surface area is 171 Å². The predicted octanol–water partition coefficient (Wildman–Crippen LogP) is 3.83. The number of amides is 2. The summed E-state index contributed by atoms with van der Waals surface area (Å²) in [6.45, 7) is 4.64. The van der Waals surface area contributed by atoms with Crippen molar-refractivity contribution in [1.82, 2.24) is 10.2 Å². The number of ether oxygens (including phenoxy) is 1. The number of nitrogens with zero attached hydrogens (tertiary/aromatic N) is 1. The molecule has 0 aliphatic carbocycles. The molecule has 0 radical (unpaired) electrons. The first-order valence-electron chi connectivity index (χ1n) is 9.39. The molecule has 0 fully saturated rings. The smallest absolute Gasteiger partial charge is 0.242 e. The molecule has 0 spiro atoms. The van der Waals surface area contributed by atoms with E-state index in [4.69, 9.17) is 16.3 Å². The topological polar surface area (TPSA) is 58.6 Å². The van der Waals surface area contributed by atoms with Gasteiger partial charge in [-0.3, -0.25) is 9.59 Å². The monoisotopic (exact) mass is 402 g/mol. The highest BCUT2D eigenvalue weighted by Gasteiger charge is 2.26. The van der Waals surface area contributed by atoms with Crippen LogP contribution in [0, 0.1) is 0 Å². The predicted molar refractivity (Wildman–Crippen MR) is 111 cm³/mol. The zero-order valence-electron chi connectivity index (χ0n) is 16.6. The van der Waals surface area contributed by atoms with Crippen molar-refractivity contribution in [1.29, 1.82) is 0 Å². The van der Waals surface area contributed by atoms with Gasteiger partial charge >= 0.3 is 0 Å². The maximum Gasteiger partial charge on any atom is 0.242 e. The third kappa shape index (κ3) is 6.27. The molecule has 28 heavy (non-hydrogen) atoms. The van der Waals surface area contributed by atoms with Gasteiger partial charge in [-0.1, -0.05) is 42.8 Å². The minimum Gasteiger partial charge on any atom is -0.497 e. The minimum atomic E-state index is -0.593. The summed E-state index contributed by atoms with van der Waals surface area (Å²) in [4.78, 5) is 27.2. The summed E-state index contributed by atoms with van der Waals surface area (Å²) < 4.78 is 5.27. The second-order valence-corrected chi connectivity index (χ2v) is 7.08. The van der Waals surface area contributed by atoms with E-state index in [0.29, 0.717) is 23.9 Å². The Bertz CT molecular complexity index is 810. The molecule has 1 N–H and O–H groups in total. The molecule has 2 aromatic carbocycles. The van der Waals surface area contributed by atoms with Crippen LogP contribution in [0.3, 0.4) is 0 Å². The average Bonchev–Trinajstić information content (AvgIpc) is 2.69. The molecule has 2 amide bonds. The first-order valence-corrected chi connectivity index (χ1v) is 9.77. The lowest BCUT2D eigenvalue weighted by Gasteiger charge is -2.29. The highest BCUT2D eigenvalue weighted by molar-refractivity contribution is 6.30. The van der Waals surface area contributed by atoms with Gasteiger partial charge < -0.3 is 15.0 Å². The summed E-state index contributed by atoms with van der Waals surface area (Å²) in [5.74, 6) is 0.413. The number of hydrogen-bond donors (Lipinski definition) is 1. The fraction of sp³-hybridized carbons (Fsp3) is 0.364. The lowest BCUT2D eigenvalue weighted by atomic mass is 10.1. The fourth-order valence-corrected chi connectivity index (χ4v) is 3.08. The molecule has 5 nitrogen and oxygen atoms in total. The summed E-state index contributed by atoms with van der Waals surface area (Å²) in [5, 5.41) is 3.45. The van der Waals surface area contributed by atoms with Gasteiger partial charge in [-0.2, -0.15) is 0 Å². The van der Waals surface area contributed by atoms with Gasteiger partial charge in [-0.15, -0.1) is 0 Å². The van der Waals surface area contributed by atoms with E-state index in [0.717, 1.165) is 17.5 Å². The number of methoxy groups -OCH3 is 1. The van der Waals surface area contributed by atoms with Crippen LogP contribution in [0.5, 0.6) is 5.75 Å². The first kappa shape index (κ1) is 21.8. The SMILES string of the molecule is CCCNC(=O)C(C)N(Cc1cccc(OC)c1)C(=O)Cc1cccc(Cl)c1. The zero-order valence-corrected chi connectivity index (χ0v) is 17.3. The van der Waals surface area contributed by atoms with Crippen molar-refractivity contribution in [2.75, 3.05) is 13.7 Å². The molecule has 0 saturated heterocycles. The molecule has 150 valence electrons. The number of carbonyl (C=O) groups is 2. The van der Waals surface area contributed by atoms with Crippen molar-refractivity contribution in [3.05, 3.63) is 64.7 Å². The number of carbonyl (C=O) groups excluding carboxylic acids is 2. The van der Waals surface area contributed by atoms with Crippen LogP contribution in [0.15, 0.2) is 48.5 Å².